The number of carbonyl (C=O) groups is 1. The van der Waals surface area contributed by atoms with Crippen LogP contribution in [0.3, 0.4) is 0 Å². The van der Waals surface area contributed by atoms with Crippen molar-refractivity contribution in [3.63, 3.8) is 0 Å². The quantitative estimate of drug-likeness (QED) is 0.357. The summed E-state index contributed by atoms with van der Waals surface area (Å²) in [5.74, 6) is 0.406. The van der Waals surface area contributed by atoms with Crippen LogP contribution >= 0.6 is 0 Å². The van der Waals surface area contributed by atoms with Crippen molar-refractivity contribution in [1.82, 2.24) is 14.5 Å². The van der Waals surface area contributed by atoms with Gasteiger partial charge in [0, 0.05) is 13.1 Å². The molecule has 0 saturated heterocycles. The third-order valence-electron chi connectivity index (χ3n) is 6.27. The zero-order valence-electron chi connectivity index (χ0n) is 20.0. The Balaban J connectivity index is 1.83. The summed E-state index contributed by atoms with van der Waals surface area (Å²) >= 11 is 0. The maximum atomic E-state index is 13.7. The lowest BCUT2D eigenvalue weighted by Gasteiger charge is -2.28. The van der Waals surface area contributed by atoms with Gasteiger partial charge in [-0.15, -0.1) is 0 Å². The second-order valence-corrected chi connectivity index (χ2v) is 8.51. The van der Waals surface area contributed by atoms with Crippen molar-refractivity contribution < 1.29 is 4.79 Å². The molecular weight excluding hydrogens is 422 g/mol. The monoisotopic (exact) mass is 451 g/mol. The Labute approximate surface area is 200 Å². The molecular formula is C29H29N3O2. The molecule has 3 aromatic carbocycles. The fourth-order valence-corrected chi connectivity index (χ4v) is 4.12. The first kappa shape index (κ1) is 23.2. The van der Waals surface area contributed by atoms with Crippen LogP contribution in [0.25, 0.3) is 22.7 Å². The van der Waals surface area contributed by atoms with Gasteiger partial charge in [0.1, 0.15) is 5.82 Å². The Morgan fingerprint density at radius 3 is 2.41 bits per heavy atom. The van der Waals surface area contributed by atoms with E-state index in [1.54, 1.807) is 34.7 Å². The number of hydrogen-bond acceptors (Lipinski definition) is 3. The number of rotatable bonds is 6. The van der Waals surface area contributed by atoms with Gasteiger partial charge in [-0.05, 0) is 67.3 Å². The van der Waals surface area contributed by atoms with E-state index < -0.39 is 0 Å². The van der Waals surface area contributed by atoms with E-state index in [0.717, 1.165) is 22.4 Å². The highest BCUT2D eigenvalue weighted by Crippen LogP contribution is 2.26. The van der Waals surface area contributed by atoms with Crippen LogP contribution < -0.4 is 5.56 Å². The molecule has 0 bridgehead atoms. The number of nitrogens with zero attached hydrogens (tertiary/aromatic N) is 3. The molecule has 1 aromatic heterocycles. The molecule has 0 aliphatic rings. The van der Waals surface area contributed by atoms with Gasteiger partial charge >= 0.3 is 0 Å². The molecule has 34 heavy (non-hydrogen) atoms. The minimum absolute atomic E-state index is 0.136. The summed E-state index contributed by atoms with van der Waals surface area (Å²) in [5.41, 5.74) is 4.43. The zero-order chi connectivity index (χ0) is 24.2. The molecule has 4 aromatic rings. The maximum Gasteiger partial charge on any atom is 0.266 e. The first-order chi connectivity index (χ1) is 16.4. The lowest BCUT2D eigenvalue weighted by molar-refractivity contribution is -0.127. The van der Waals surface area contributed by atoms with Crippen LogP contribution in [0.1, 0.15) is 41.9 Å². The number of hydrogen-bond donors (Lipinski definition) is 0. The van der Waals surface area contributed by atoms with Gasteiger partial charge in [0.15, 0.2) is 0 Å². The Hall–Kier alpha value is -3.99. The lowest BCUT2D eigenvalue weighted by Crippen LogP contribution is -2.35. The van der Waals surface area contributed by atoms with Gasteiger partial charge in [-0.25, -0.2) is 4.98 Å². The second-order valence-electron chi connectivity index (χ2n) is 8.51. The van der Waals surface area contributed by atoms with Crippen LogP contribution in [0, 0.1) is 13.8 Å². The molecule has 1 atom stereocenters. The maximum absolute atomic E-state index is 13.7. The lowest BCUT2D eigenvalue weighted by atomic mass is 10.1. The van der Waals surface area contributed by atoms with Crippen LogP contribution in [-0.4, -0.2) is 27.4 Å². The third kappa shape index (κ3) is 4.55. The average Bonchev–Trinajstić information content (AvgIpc) is 2.85. The largest absolute Gasteiger partial charge is 0.332 e. The van der Waals surface area contributed by atoms with Gasteiger partial charge < -0.3 is 4.90 Å². The Kier molecular flexibility index (Phi) is 6.73. The summed E-state index contributed by atoms with van der Waals surface area (Å²) in [6.45, 7) is 6.07. The molecule has 0 radical (unpaired) electrons. The van der Waals surface area contributed by atoms with Crippen LogP contribution in [0.4, 0.5) is 0 Å². The molecule has 0 saturated carbocycles. The summed E-state index contributed by atoms with van der Waals surface area (Å²) in [6, 6.07) is 22.6. The van der Waals surface area contributed by atoms with Crippen molar-refractivity contribution in [2.24, 2.45) is 0 Å². The topological polar surface area (TPSA) is 55.2 Å². The number of carbonyl (C=O) groups excluding carboxylic acids is 1. The molecule has 1 heterocycles. The van der Waals surface area contributed by atoms with Crippen molar-refractivity contribution in [1.29, 1.82) is 0 Å². The van der Waals surface area contributed by atoms with E-state index in [4.69, 9.17) is 4.98 Å². The molecule has 0 spiro atoms. The van der Waals surface area contributed by atoms with Crippen molar-refractivity contribution in [3.8, 4) is 5.69 Å². The van der Waals surface area contributed by atoms with Crippen molar-refractivity contribution in [2.45, 2.75) is 33.2 Å². The number of likely N-dealkylation sites (N-methyl/N-ethyl adjacent to an activating group) is 1. The highest BCUT2D eigenvalue weighted by atomic mass is 16.2. The summed E-state index contributed by atoms with van der Waals surface area (Å²) in [6.07, 6.45) is 3.98. The molecule has 0 aliphatic carbocycles. The minimum atomic E-state index is -0.383. The van der Waals surface area contributed by atoms with Crippen molar-refractivity contribution in [3.05, 3.63) is 112 Å². The fraction of sp³-hybridized carbons (Fsp3) is 0.207. The van der Waals surface area contributed by atoms with Gasteiger partial charge in [-0.1, -0.05) is 55.5 Å². The van der Waals surface area contributed by atoms with Crippen LogP contribution in [0.5, 0.6) is 0 Å². The van der Waals surface area contributed by atoms with E-state index in [9.17, 15) is 9.59 Å². The molecule has 4 rings (SSSR count). The summed E-state index contributed by atoms with van der Waals surface area (Å²) in [7, 11) is 1.76. The molecule has 0 fully saturated rings. The summed E-state index contributed by atoms with van der Waals surface area (Å²) in [5, 5.41) is 0.553. The third-order valence-corrected chi connectivity index (χ3v) is 6.27. The highest BCUT2D eigenvalue weighted by molar-refractivity contribution is 5.92. The predicted octanol–water partition coefficient (Wildman–Crippen LogP) is 5.63. The van der Waals surface area contributed by atoms with Gasteiger partial charge in [-0.3, -0.25) is 14.2 Å². The molecule has 1 unspecified atom stereocenters. The molecule has 5 nitrogen and oxygen atoms in total. The summed E-state index contributed by atoms with van der Waals surface area (Å²) < 4.78 is 1.66. The Morgan fingerprint density at radius 1 is 1.00 bits per heavy atom. The van der Waals surface area contributed by atoms with Crippen LogP contribution in [0.2, 0.25) is 0 Å². The first-order valence-corrected chi connectivity index (χ1v) is 11.5. The second kappa shape index (κ2) is 9.87. The number of para-hydroxylation sites is 1. The van der Waals surface area contributed by atoms with E-state index in [1.165, 1.54) is 0 Å². The zero-order valence-corrected chi connectivity index (χ0v) is 20.0. The smallest absolute Gasteiger partial charge is 0.266 e. The molecule has 172 valence electrons. The van der Waals surface area contributed by atoms with Crippen LogP contribution in [0.15, 0.2) is 83.7 Å². The summed E-state index contributed by atoms with van der Waals surface area (Å²) in [4.78, 5) is 33.3. The number of fused-ring (bicyclic) bond motifs is 1. The van der Waals surface area contributed by atoms with Crippen molar-refractivity contribution in [2.75, 3.05) is 7.05 Å². The molecule has 1 amide bonds. The van der Waals surface area contributed by atoms with Gasteiger partial charge in [-0.2, -0.15) is 0 Å². The van der Waals surface area contributed by atoms with Gasteiger partial charge in [0.2, 0.25) is 5.91 Å². The van der Waals surface area contributed by atoms with E-state index in [2.05, 4.69) is 0 Å². The molecule has 0 N–H and O–H groups in total. The fourth-order valence-electron chi connectivity index (χ4n) is 4.12. The van der Waals surface area contributed by atoms with E-state index in [-0.39, 0.29) is 17.5 Å². The standard InChI is InChI=1S/C29H29N3O2/c1-5-26(31(4)27(33)18-16-22-11-7-6-8-12-22)28-30-25-14-10-9-13-24(25)29(34)32(28)23-17-15-20(2)21(3)19-23/h6-19,26H,5H2,1-4H3. The molecule has 5 heteroatoms. The SMILES string of the molecule is CCC(c1nc2ccccc2c(=O)n1-c1ccc(C)c(C)c1)N(C)C(=O)C=Cc1ccccc1. The van der Waals surface area contributed by atoms with E-state index >= 15 is 0 Å². The van der Waals surface area contributed by atoms with E-state index in [1.807, 2.05) is 87.5 Å². The van der Waals surface area contributed by atoms with Gasteiger partial charge in [0.05, 0.1) is 22.6 Å². The first-order valence-electron chi connectivity index (χ1n) is 11.5. The number of benzene rings is 3. The average molecular weight is 452 g/mol. The normalized spacial score (nSPS) is 12.2. The minimum Gasteiger partial charge on any atom is -0.332 e. The van der Waals surface area contributed by atoms with Gasteiger partial charge in [0.25, 0.3) is 5.56 Å². The van der Waals surface area contributed by atoms with E-state index in [0.29, 0.717) is 23.1 Å². The van der Waals surface area contributed by atoms with Crippen molar-refractivity contribution >= 4 is 22.9 Å². The Morgan fingerprint density at radius 2 is 1.71 bits per heavy atom. The highest BCUT2D eigenvalue weighted by Gasteiger charge is 2.25. The number of amides is 1. The predicted molar refractivity (Wildman–Crippen MR) is 138 cm³/mol. The Bertz CT molecular complexity index is 1420. The van der Waals surface area contributed by atoms with Crippen LogP contribution in [-0.2, 0) is 4.79 Å². The number of aromatic nitrogens is 2. The number of aryl methyl sites for hydroxylation is 2. The molecule has 0 aliphatic heterocycles.